The number of nitrogens with zero attached hydrogens (tertiary/aromatic N) is 3. The highest BCUT2D eigenvalue weighted by Gasteiger charge is 2.32. The van der Waals surface area contributed by atoms with Gasteiger partial charge in [0, 0.05) is 18.7 Å². The van der Waals surface area contributed by atoms with Crippen LogP contribution < -0.4 is 5.32 Å². The number of aromatic nitrogens is 3. The van der Waals surface area contributed by atoms with E-state index in [9.17, 15) is 13.2 Å². The number of rotatable bonds is 5. The average Bonchev–Trinajstić information content (AvgIpc) is 3.12. The molecule has 0 aliphatic carbocycles. The first-order valence-corrected chi connectivity index (χ1v) is 11.2. The van der Waals surface area contributed by atoms with E-state index in [4.69, 9.17) is 0 Å². The summed E-state index contributed by atoms with van der Waals surface area (Å²) in [5.41, 5.74) is 2.99. The summed E-state index contributed by atoms with van der Waals surface area (Å²) in [6, 6.07) is 5.80. The van der Waals surface area contributed by atoms with Gasteiger partial charge in [-0.2, -0.15) is 0 Å². The number of carbonyl (C=O) groups excluding carboxylic acids is 1. The zero-order valence-corrected chi connectivity index (χ0v) is 16.7. The SMILES string of the molecule is Cc1cccc(NC(=O)CSc2nnc(C3CCS(=O)(=O)C3)n2C)c1C. The molecule has 0 saturated carbocycles. The monoisotopic (exact) mass is 394 g/mol. The standard InChI is InChI=1S/C17H22N4O3S2/c1-11-5-4-6-14(12(11)2)18-15(22)9-25-17-20-19-16(21(17)3)13-7-8-26(23,24)10-13/h4-6,13H,7-10H2,1-3H3,(H,18,22). The summed E-state index contributed by atoms with van der Waals surface area (Å²) in [4.78, 5) is 12.2. The van der Waals surface area contributed by atoms with Crippen molar-refractivity contribution < 1.29 is 13.2 Å². The highest BCUT2D eigenvalue weighted by Crippen LogP contribution is 2.29. The van der Waals surface area contributed by atoms with Crippen molar-refractivity contribution in [2.75, 3.05) is 22.6 Å². The molecule has 2 heterocycles. The second-order valence-electron chi connectivity index (χ2n) is 6.58. The highest BCUT2D eigenvalue weighted by atomic mass is 32.2. The first-order chi connectivity index (χ1) is 12.3. The third-order valence-electron chi connectivity index (χ3n) is 4.68. The van der Waals surface area contributed by atoms with E-state index >= 15 is 0 Å². The van der Waals surface area contributed by atoms with Crippen LogP contribution in [0.5, 0.6) is 0 Å². The molecule has 0 bridgehead atoms. The molecule has 1 aliphatic heterocycles. The van der Waals surface area contributed by atoms with Crippen LogP contribution in [0.25, 0.3) is 0 Å². The van der Waals surface area contributed by atoms with Crippen LogP contribution in [0, 0.1) is 13.8 Å². The molecule has 1 atom stereocenters. The fourth-order valence-electron chi connectivity index (χ4n) is 3.01. The lowest BCUT2D eigenvalue weighted by Crippen LogP contribution is -2.15. The number of hydrogen-bond acceptors (Lipinski definition) is 6. The van der Waals surface area contributed by atoms with Gasteiger partial charge in [0.2, 0.25) is 5.91 Å². The maximum atomic E-state index is 12.2. The van der Waals surface area contributed by atoms with E-state index in [1.807, 2.05) is 39.1 Å². The van der Waals surface area contributed by atoms with Crippen molar-refractivity contribution in [1.29, 1.82) is 0 Å². The zero-order chi connectivity index (χ0) is 18.9. The number of sulfone groups is 1. The minimum Gasteiger partial charge on any atom is -0.325 e. The third kappa shape index (κ3) is 4.09. The Balaban J connectivity index is 1.62. The molecule has 1 saturated heterocycles. The van der Waals surface area contributed by atoms with Crippen LogP contribution >= 0.6 is 11.8 Å². The molecule has 1 N–H and O–H groups in total. The Labute approximate surface area is 157 Å². The van der Waals surface area contributed by atoms with Gasteiger partial charge in [-0.05, 0) is 37.5 Å². The summed E-state index contributed by atoms with van der Waals surface area (Å²) in [6.07, 6.45) is 0.575. The molecular formula is C17H22N4O3S2. The Bertz CT molecular complexity index is 937. The molecule has 1 amide bonds. The largest absolute Gasteiger partial charge is 0.325 e. The summed E-state index contributed by atoms with van der Waals surface area (Å²) in [7, 11) is -1.16. The lowest BCUT2D eigenvalue weighted by Gasteiger charge is -2.10. The van der Waals surface area contributed by atoms with Crippen molar-refractivity contribution >= 4 is 33.2 Å². The molecule has 1 unspecified atom stereocenters. The van der Waals surface area contributed by atoms with E-state index in [1.54, 1.807) is 4.57 Å². The minimum atomic E-state index is -2.97. The van der Waals surface area contributed by atoms with Crippen LogP contribution in [0.1, 0.15) is 29.3 Å². The van der Waals surface area contributed by atoms with Gasteiger partial charge in [-0.3, -0.25) is 4.79 Å². The topological polar surface area (TPSA) is 94.0 Å². The number of aryl methyl sites for hydroxylation is 1. The van der Waals surface area contributed by atoms with Gasteiger partial charge in [-0.15, -0.1) is 10.2 Å². The fraction of sp³-hybridized carbons (Fsp3) is 0.471. The second-order valence-corrected chi connectivity index (χ2v) is 9.76. The quantitative estimate of drug-likeness (QED) is 0.780. The van der Waals surface area contributed by atoms with Crippen LogP contribution in [0.3, 0.4) is 0 Å². The first kappa shape index (κ1) is 18.9. The number of anilines is 1. The Morgan fingerprint density at radius 2 is 2.12 bits per heavy atom. The van der Waals surface area contributed by atoms with Gasteiger partial charge in [-0.25, -0.2) is 8.42 Å². The smallest absolute Gasteiger partial charge is 0.234 e. The van der Waals surface area contributed by atoms with Gasteiger partial charge in [0.15, 0.2) is 15.0 Å². The number of nitrogens with one attached hydrogen (secondary N) is 1. The number of hydrogen-bond donors (Lipinski definition) is 1. The maximum absolute atomic E-state index is 12.2. The molecule has 140 valence electrons. The highest BCUT2D eigenvalue weighted by molar-refractivity contribution is 7.99. The predicted molar refractivity (Wildman–Crippen MR) is 102 cm³/mol. The van der Waals surface area contributed by atoms with Crippen LogP contribution in [-0.2, 0) is 21.7 Å². The molecule has 0 radical (unpaired) electrons. The summed E-state index contributed by atoms with van der Waals surface area (Å²) in [6.45, 7) is 3.98. The van der Waals surface area contributed by atoms with Gasteiger partial charge in [0.1, 0.15) is 5.82 Å². The number of benzene rings is 1. The van der Waals surface area contributed by atoms with Crippen molar-refractivity contribution in [1.82, 2.24) is 14.8 Å². The molecule has 26 heavy (non-hydrogen) atoms. The lowest BCUT2D eigenvalue weighted by atomic mass is 10.1. The van der Waals surface area contributed by atoms with Gasteiger partial charge in [-0.1, -0.05) is 23.9 Å². The van der Waals surface area contributed by atoms with Crippen LogP contribution in [-0.4, -0.2) is 46.3 Å². The summed E-state index contributed by atoms with van der Waals surface area (Å²) in [5, 5.41) is 11.8. The van der Waals surface area contributed by atoms with E-state index in [0.717, 1.165) is 16.8 Å². The van der Waals surface area contributed by atoms with E-state index in [1.165, 1.54) is 11.8 Å². The Hall–Kier alpha value is -1.87. The van der Waals surface area contributed by atoms with Crippen LogP contribution in [0.2, 0.25) is 0 Å². The van der Waals surface area contributed by atoms with Crippen molar-refractivity contribution in [3.8, 4) is 0 Å². The Morgan fingerprint density at radius 3 is 2.81 bits per heavy atom. The molecule has 2 aromatic rings. The van der Waals surface area contributed by atoms with E-state index in [0.29, 0.717) is 17.4 Å². The Kier molecular flexibility index (Phi) is 5.38. The van der Waals surface area contributed by atoms with Crippen molar-refractivity contribution in [2.24, 2.45) is 7.05 Å². The van der Waals surface area contributed by atoms with Crippen molar-refractivity contribution in [3.63, 3.8) is 0 Å². The molecule has 1 fully saturated rings. The van der Waals surface area contributed by atoms with Gasteiger partial charge in [0.05, 0.1) is 17.3 Å². The lowest BCUT2D eigenvalue weighted by molar-refractivity contribution is -0.113. The fourth-order valence-corrected chi connectivity index (χ4v) is 5.47. The minimum absolute atomic E-state index is 0.114. The molecule has 9 heteroatoms. The van der Waals surface area contributed by atoms with Crippen molar-refractivity contribution in [2.45, 2.75) is 31.3 Å². The molecule has 1 aromatic carbocycles. The Morgan fingerprint density at radius 1 is 1.35 bits per heavy atom. The molecule has 1 aromatic heterocycles. The summed E-state index contributed by atoms with van der Waals surface area (Å²) < 4.78 is 25.1. The molecule has 0 spiro atoms. The number of carbonyl (C=O) groups is 1. The van der Waals surface area contributed by atoms with E-state index < -0.39 is 9.84 Å². The van der Waals surface area contributed by atoms with E-state index in [2.05, 4.69) is 15.5 Å². The second kappa shape index (κ2) is 7.40. The van der Waals surface area contributed by atoms with Crippen molar-refractivity contribution in [3.05, 3.63) is 35.2 Å². The zero-order valence-electron chi connectivity index (χ0n) is 15.0. The maximum Gasteiger partial charge on any atom is 0.234 e. The molecule has 3 rings (SSSR count). The molecule has 7 nitrogen and oxygen atoms in total. The molecular weight excluding hydrogens is 372 g/mol. The number of thioether (sulfide) groups is 1. The first-order valence-electron chi connectivity index (χ1n) is 8.35. The van der Waals surface area contributed by atoms with E-state index in [-0.39, 0.29) is 29.1 Å². The summed E-state index contributed by atoms with van der Waals surface area (Å²) in [5.74, 6) is 0.973. The number of amides is 1. The van der Waals surface area contributed by atoms with Crippen LogP contribution in [0.4, 0.5) is 5.69 Å². The average molecular weight is 395 g/mol. The van der Waals surface area contributed by atoms with Gasteiger partial charge >= 0.3 is 0 Å². The van der Waals surface area contributed by atoms with Gasteiger partial charge < -0.3 is 9.88 Å². The molecule has 1 aliphatic rings. The third-order valence-corrected chi connectivity index (χ3v) is 7.47. The summed E-state index contributed by atoms with van der Waals surface area (Å²) >= 11 is 1.29. The van der Waals surface area contributed by atoms with Gasteiger partial charge in [0.25, 0.3) is 0 Å². The van der Waals surface area contributed by atoms with Crippen LogP contribution in [0.15, 0.2) is 23.4 Å². The normalized spacial score (nSPS) is 18.8. The predicted octanol–water partition coefficient (Wildman–Crippen LogP) is 2.06.